The summed E-state index contributed by atoms with van der Waals surface area (Å²) in [7, 11) is 1.64. The summed E-state index contributed by atoms with van der Waals surface area (Å²) in [4.78, 5) is 13.9. The van der Waals surface area contributed by atoms with Gasteiger partial charge in [0.1, 0.15) is 0 Å². The van der Waals surface area contributed by atoms with Crippen LogP contribution < -0.4 is 5.32 Å². The van der Waals surface area contributed by atoms with E-state index in [1.165, 1.54) is 19.3 Å². The number of carbonyl (C=O) groups is 1. The van der Waals surface area contributed by atoms with Gasteiger partial charge in [0.15, 0.2) is 0 Å². The zero-order chi connectivity index (χ0) is 13.4. The predicted octanol–water partition coefficient (Wildman–Crippen LogP) is 1.51. The normalized spacial score (nSPS) is 18.2. The van der Waals surface area contributed by atoms with Crippen molar-refractivity contribution < 1.29 is 9.53 Å². The van der Waals surface area contributed by atoms with Gasteiger partial charge in [-0.3, -0.25) is 9.69 Å². The van der Waals surface area contributed by atoms with Gasteiger partial charge >= 0.3 is 0 Å². The molecular weight excluding hydrogens is 228 g/mol. The summed E-state index contributed by atoms with van der Waals surface area (Å²) >= 11 is 0. The number of hydrogen-bond donors (Lipinski definition) is 1. The highest BCUT2D eigenvalue weighted by Gasteiger charge is 2.21. The van der Waals surface area contributed by atoms with Crippen molar-refractivity contribution in [2.45, 2.75) is 33.1 Å². The number of nitrogens with zero attached hydrogens (tertiary/aromatic N) is 1. The molecule has 106 valence electrons. The monoisotopic (exact) mass is 256 g/mol. The Labute approximate surface area is 111 Å². The molecule has 0 radical (unpaired) electrons. The Balaban J connectivity index is 2.13. The van der Waals surface area contributed by atoms with Crippen molar-refractivity contribution in [3.05, 3.63) is 0 Å². The van der Waals surface area contributed by atoms with Crippen molar-refractivity contribution in [1.82, 2.24) is 10.2 Å². The topological polar surface area (TPSA) is 41.6 Å². The first-order valence-electron chi connectivity index (χ1n) is 7.09. The van der Waals surface area contributed by atoms with Crippen LogP contribution in [0, 0.1) is 11.8 Å². The fourth-order valence-corrected chi connectivity index (χ4v) is 2.60. The van der Waals surface area contributed by atoms with Gasteiger partial charge in [-0.25, -0.2) is 0 Å². The Hall–Kier alpha value is -0.610. The van der Waals surface area contributed by atoms with Crippen LogP contribution in [0.4, 0.5) is 0 Å². The van der Waals surface area contributed by atoms with E-state index in [-0.39, 0.29) is 5.91 Å². The summed E-state index contributed by atoms with van der Waals surface area (Å²) in [6, 6.07) is 0. The lowest BCUT2D eigenvalue weighted by molar-refractivity contribution is -0.122. The quantitative estimate of drug-likeness (QED) is 0.702. The molecule has 1 rings (SSSR count). The maximum absolute atomic E-state index is 11.6. The van der Waals surface area contributed by atoms with Crippen molar-refractivity contribution in [1.29, 1.82) is 0 Å². The Kier molecular flexibility index (Phi) is 7.28. The lowest BCUT2D eigenvalue weighted by atomic mass is 9.89. The summed E-state index contributed by atoms with van der Waals surface area (Å²) in [5, 5.41) is 2.87. The van der Waals surface area contributed by atoms with Gasteiger partial charge in [-0.05, 0) is 44.2 Å². The van der Waals surface area contributed by atoms with Crippen molar-refractivity contribution in [3.63, 3.8) is 0 Å². The van der Waals surface area contributed by atoms with Gasteiger partial charge in [-0.2, -0.15) is 0 Å². The predicted molar refractivity (Wildman–Crippen MR) is 73.5 cm³/mol. The van der Waals surface area contributed by atoms with Crippen molar-refractivity contribution in [3.8, 4) is 0 Å². The molecule has 1 fully saturated rings. The first-order valence-corrected chi connectivity index (χ1v) is 7.09. The zero-order valence-corrected chi connectivity index (χ0v) is 12.1. The molecule has 1 aliphatic heterocycles. The van der Waals surface area contributed by atoms with Gasteiger partial charge in [0.05, 0.1) is 13.2 Å². The Morgan fingerprint density at radius 3 is 2.61 bits per heavy atom. The highest BCUT2D eigenvalue weighted by Crippen LogP contribution is 2.23. The van der Waals surface area contributed by atoms with E-state index in [2.05, 4.69) is 24.1 Å². The summed E-state index contributed by atoms with van der Waals surface area (Å²) in [6.07, 6.45) is 3.81. The first kappa shape index (κ1) is 15.4. The highest BCUT2D eigenvalue weighted by atomic mass is 16.5. The second kappa shape index (κ2) is 8.48. The van der Waals surface area contributed by atoms with Crippen LogP contribution in [-0.4, -0.2) is 50.7 Å². The van der Waals surface area contributed by atoms with Crippen molar-refractivity contribution in [2.24, 2.45) is 11.8 Å². The smallest absolute Gasteiger partial charge is 0.234 e. The van der Waals surface area contributed by atoms with E-state index in [1.807, 2.05) is 0 Å². The number of piperidine rings is 1. The molecule has 0 saturated carbocycles. The molecule has 0 unspecified atom stereocenters. The average Bonchev–Trinajstić information content (AvgIpc) is 2.31. The number of amides is 1. The van der Waals surface area contributed by atoms with Gasteiger partial charge in [-0.15, -0.1) is 0 Å². The van der Waals surface area contributed by atoms with Crippen LogP contribution in [0.15, 0.2) is 0 Å². The zero-order valence-electron chi connectivity index (χ0n) is 12.1. The standard InChI is InChI=1S/C14H28N2O2/c1-12(2)10-13-4-7-16(8-5-13)11-14(17)15-6-9-18-3/h12-13H,4-11H2,1-3H3,(H,15,17). The molecule has 1 heterocycles. The second-order valence-corrected chi connectivity index (χ2v) is 5.69. The minimum absolute atomic E-state index is 0.120. The molecule has 4 heteroatoms. The molecule has 0 bridgehead atoms. The molecular formula is C14H28N2O2. The lowest BCUT2D eigenvalue weighted by Gasteiger charge is -2.32. The maximum atomic E-state index is 11.6. The Morgan fingerprint density at radius 2 is 2.06 bits per heavy atom. The van der Waals surface area contributed by atoms with E-state index in [0.29, 0.717) is 19.7 Å². The fourth-order valence-electron chi connectivity index (χ4n) is 2.60. The van der Waals surface area contributed by atoms with Gasteiger partial charge in [0.2, 0.25) is 5.91 Å². The third-order valence-electron chi connectivity index (χ3n) is 3.51. The summed E-state index contributed by atoms with van der Waals surface area (Å²) in [6.45, 7) is 8.44. The number of rotatable bonds is 7. The molecule has 1 amide bonds. The highest BCUT2D eigenvalue weighted by molar-refractivity contribution is 5.77. The molecule has 1 saturated heterocycles. The molecule has 0 aromatic rings. The molecule has 18 heavy (non-hydrogen) atoms. The molecule has 4 nitrogen and oxygen atoms in total. The number of methoxy groups -OCH3 is 1. The van der Waals surface area contributed by atoms with E-state index < -0.39 is 0 Å². The molecule has 0 aliphatic carbocycles. The SMILES string of the molecule is COCCNC(=O)CN1CCC(CC(C)C)CC1. The van der Waals surface area contributed by atoms with Crippen LogP contribution in [0.5, 0.6) is 0 Å². The largest absolute Gasteiger partial charge is 0.383 e. The number of ether oxygens (including phenoxy) is 1. The molecule has 0 aromatic carbocycles. The fraction of sp³-hybridized carbons (Fsp3) is 0.929. The molecule has 1 aliphatic rings. The van der Waals surface area contributed by atoms with Gasteiger partial charge in [0.25, 0.3) is 0 Å². The Morgan fingerprint density at radius 1 is 1.39 bits per heavy atom. The maximum Gasteiger partial charge on any atom is 0.234 e. The van der Waals surface area contributed by atoms with Gasteiger partial charge in [0, 0.05) is 13.7 Å². The van der Waals surface area contributed by atoms with E-state index in [1.54, 1.807) is 7.11 Å². The van der Waals surface area contributed by atoms with E-state index >= 15 is 0 Å². The van der Waals surface area contributed by atoms with Gasteiger partial charge in [-0.1, -0.05) is 13.8 Å². The van der Waals surface area contributed by atoms with Crippen LogP contribution in [0.25, 0.3) is 0 Å². The van der Waals surface area contributed by atoms with Crippen molar-refractivity contribution >= 4 is 5.91 Å². The molecule has 0 atom stereocenters. The number of likely N-dealkylation sites (tertiary alicyclic amines) is 1. The van der Waals surface area contributed by atoms with Crippen molar-refractivity contribution in [2.75, 3.05) is 39.9 Å². The summed E-state index contributed by atoms with van der Waals surface area (Å²) in [5.74, 6) is 1.77. The summed E-state index contributed by atoms with van der Waals surface area (Å²) < 4.78 is 4.90. The van der Waals surface area contributed by atoms with E-state index in [4.69, 9.17) is 4.74 Å². The van der Waals surface area contributed by atoms with Crippen LogP contribution >= 0.6 is 0 Å². The number of hydrogen-bond acceptors (Lipinski definition) is 3. The number of carbonyl (C=O) groups excluding carboxylic acids is 1. The van der Waals surface area contributed by atoms with Crippen LogP contribution in [0.2, 0.25) is 0 Å². The van der Waals surface area contributed by atoms with E-state index in [0.717, 1.165) is 24.9 Å². The summed E-state index contributed by atoms with van der Waals surface area (Å²) in [5.41, 5.74) is 0. The third kappa shape index (κ3) is 6.36. The average molecular weight is 256 g/mol. The first-order chi connectivity index (χ1) is 8.61. The van der Waals surface area contributed by atoms with Crippen LogP contribution in [0.3, 0.4) is 0 Å². The third-order valence-corrected chi connectivity index (χ3v) is 3.51. The van der Waals surface area contributed by atoms with Crippen LogP contribution in [-0.2, 0) is 9.53 Å². The number of nitrogens with one attached hydrogen (secondary N) is 1. The molecule has 0 aromatic heterocycles. The molecule has 1 N–H and O–H groups in total. The second-order valence-electron chi connectivity index (χ2n) is 5.69. The van der Waals surface area contributed by atoms with Crippen LogP contribution in [0.1, 0.15) is 33.1 Å². The van der Waals surface area contributed by atoms with Gasteiger partial charge < -0.3 is 10.1 Å². The minimum atomic E-state index is 0.120. The lowest BCUT2D eigenvalue weighted by Crippen LogP contribution is -2.42. The Bertz CT molecular complexity index is 236. The molecule has 0 spiro atoms. The minimum Gasteiger partial charge on any atom is -0.383 e. The van der Waals surface area contributed by atoms with E-state index in [9.17, 15) is 4.79 Å².